The predicted octanol–water partition coefficient (Wildman–Crippen LogP) is 2.05. The van der Waals surface area contributed by atoms with Crippen molar-refractivity contribution < 1.29 is 14.4 Å². The summed E-state index contributed by atoms with van der Waals surface area (Å²) in [5.41, 5.74) is 1.79. The molecule has 1 aliphatic heterocycles. The number of nitrogens with one attached hydrogen (secondary N) is 2. The van der Waals surface area contributed by atoms with Gasteiger partial charge in [-0.15, -0.1) is 0 Å². The molecular formula is C24H30N4O3. The summed E-state index contributed by atoms with van der Waals surface area (Å²) < 4.78 is 0. The maximum Gasteiger partial charge on any atom is 0.251 e. The van der Waals surface area contributed by atoms with E-state index in [1.54, 1.807) is 12.1 Å². The average Bonchev–Trinajstić information content (AvgIpc) is 2.83. The zero-order valence-corrected chi connectivity index (χ0v) is 17.8. The fourth-order valence-corrected chi connectivity index (χ4v) is 3.55. The number of rotatable bonds is 9. The van der Waals surface area contributed by atoms with Gasteiger partial charge in [0, 0.05) is 63.4 Å². The van der Waals surface area contributed by atoms with Crippen LogP contribution in [0, 0.1) is 0 Å². The van der Waals surface area contributed by atoms with Crippen LogP contribution in [0.5, 0.6) is 0 Å². The van der Waals surface area contributed by atoms with Crippen molar-refractivity contribution in [1.82, 2.24) is 15.5 Å². The minimum absolute atomic E-state index is 0.0723. The van der Waals surface area contributed by atoms with Crippen LogP contribution >= 0.6 is 0 Å². The number of piperazine rings is 1. The summed E-state index contributed by atoms with van der Waals surface area (Å²) in [6, 6.07) is 19.2. The van der Waals surface area contributed by atoms with E-state index in [9.17, 15) is 14.4 Å². The van der Waals surface area contributed by atoms with E-state index in [1.807, 2.05) is 41.3 Å². The predicted molar refractivity (Wildman–Crippen MR) is 121 cm³/mol. The molecule has 1 aliphatic rings. The lowest BCUT2D eigenvalue weighted by atomic mass is 10.2. The van der Waals surface area contributed by atoms with Crippen LogP contribution < -0.4 is 15.5 Å². The summed E-state index contributed by atoms with van der Waals surface area (Å²) in [6.07, 6.45) is 1.18. The fraction of sp³-hybridized carbons (Fsp3) is 0.375. The summed E-state index contributed by atoms with van der Waals surface area (Å²) >= 11 is 0. The molecule has 0 spiro atoms. The summed E-state index contributed by atoms with van der Waals surface area (Å²) in [5, 5.41) is 5.60. The molecule has 2 aromatic carbocycles. The number of hydrogen-bond acceptors (Lipinski definition) is 4. The molecule has 164 valence electrons. The number of anilines is 1. The Balaban J connectivity index is 1.25. The highest BCUT2D eigenvalue weighted by molar-refractivity contribution is 5.94. The molecule has 3 rings (SSSR count). The number of benzene rings is 2. The molecule has 0 atom stereocenters. The zero-order valence-electron chi connectivity index (χ0n) is 17.8. The van der Waals surface area contributed by atoms with E-state index in [-0.39, 0.29) is 17.7 Å². The molecule has 3 amide bonds. The van der Waals surface area contributed by atoms with E-state index in [4.69, 9.17) is 0 Å². The number of amides is 3. The maximum absolute atomic E-state index is 12.4. The Bertz CT molecular complexity index is 850. The number of carbonyl (C=O) groups is 3. The molecule has 0 bridgehead atoms. The van der Waals surface area contributed by atoms with Gasteiger partial charge in [-0.1, -0.05) is 36.4 Å². The highest BCUT2D eigenvalue weighted by Crippen LogP contribution is 2.15. The highest BCUT2D eigenvalue weighted by Gasteiger charge is 2.20. The van der Waals surface area contributed by atoms with Crippen LogP contribution in [0.1, 0.15) is 29.6 Å². The van der Waals surface area contributed by atoms with Gasteiger partial charge in [0.15, 0.2) is 0 Å². The molecule has 1 heterocycles. The Morgan fingerprint density at radius 3 is 2.06 bits per heavy atom. The summed E-state index contributed by atoms with van der Waals surface area (Å²) in [6.45, 7) is 3.80. The van der Waals surface area contributed by atoms with Crippen molar-refractivity contribution >= 4 is 23.4 Å². The second kappa shape index (κ2) is 11.7. The molecule has 1 fully saturated rings. The van der Waals surface area contributed by atoms with Crippen molar-refractivity contribution in [3.8, 4) is 0 Å². The Kier molecular flexibility index (Phi) is 8.46. The fourth-order valence-electron chi connectivity index (χ4n) is 3.55. The maximum atomic E-state index is 12.4. The minimum atomic E-state index is -0.140. The second-order valence-corrected chi connectivity index (χ2v) is 7.53. The van der Waals surface area contributed by atoms with Gasteiger partial charge in [0.1, 0.15) is 0 Å². The van der Waals surface area contributed by atoms with Crippen LogP contribution in [-0.4, -0.2) is 61.9 Å². The normalized spacial score (nSPS) is 13.5. The summed E-state index contributed by atoms with van der Waals surface area (Å²) in [4.78, 5) is 40.4. The number of para-hydroxylation sites is 1. The Labute approximate surface area is 183 Å². The SMILES string of the molecule is O=C(CCCNC(=O)c1ccccc1)NCCC(=O)N1CCN(c2ccccc2)CC1. The van der Waals surface area contributed by atoms with Crippen molar-refractivity contribution in [1.29, 1.82) is 0 Å². The third-order valence-corrected chi connectivity index (χ3v) is 5.32. The number of nitrogens with zero attached hydrogens (tertiary/aromatic N) is 2. The van der Waals surface area contributed by atoms with Crippen LogP contribution in [0.2, 0.25) is 0 Å². The molecule has 2 N–H and O–H groups in total. The van der Waals surface area contributed by atoms with E-state index < -0.39 is 0 Å². The third kappa shape index (κ3) is 7.13. The topological polar surface area (TPSA) is 81.8 Å². The Hall–Kier alpha value is -3.35. The van der Waals surface area contributed by atoms with Crippen molar-refractivity contribution in [2.75, 3.05) is 44.2 Å². The van der Waals surface area contributed by atoms with Crippen LogP contribution in [-0.2, 0) is 9.59 Å². The van der Waals surface area contributed by atoms with Gasteiger partial charge >= 0.3 is 0 Å². The van der Waals surface area contributed by atoms with Crippen LogP contribution in [0.4, 0.5) is 5.69 Å². The molecule has 0 unspecified atom stereocenters. The molecule has 7 nitrogen and oxygen atoms in total. The van der Waals surface area contributed by atoms with E-state index in [0.717, 1.165) is 13.1 Å². The third-order valence-electron chi connectivity index (χ3n) is 5.32. The Morgan fingerprint density at radius 1 is 0.742 bits per heavy atom. The van der Waals surface area contributed by atoms with E-state index in [2.05, 4.69) is 27.7 Å². The molecular weight excluding hydrogens is 392 g/mol. The molecule has 7 heteroatoms. The van der Waals surface area contributed by atoms with Crippen LogP contribution in [0.25, 0.3) is 0 Å². The monoisotopic (exact) mass is 422 g/mol. The Morgan fingerprint density at radius 2 is 1.39 bits per heavy atom. The molecule has 0 aromatic heterocycles. The smallest absolute Gasteiger partial charge is 0.251 e. The van der Waals surface area contributed by atoms with Crippen LogP contribution in [0.15, 0.2) is 60.7 Å². The van der Waals surface area contributed by atoms with E-state index in [0.29, 0.717) is 51.0 Å². The second-order valence-electron chi connectivity index (χ2n) is 7.53. The summed E-state index contributed by atoms with van der Waals surface area (Å²) in [5.74, 6) is -0.169. The van der Waals surface area contributed by atoms with Crippen molar-refractivity contribution in [3.63, 3.8) is 0 Å². The largest absolute Gasteiger partial charge is 0.368 e. The van der Waals surface area contributed by atoms with Gasteiger partial charge < -0.3 is 20.4 Å². The number of hydrogen-bond donors (Lipinski definition) is 2. The van der Waals surface area contributed by atoms with Gasteiger partial charge in [0.25, 0.3) is 5.91 Å². The van der Waals surface area contributed by atoms with E-state index >= 15 is 0 Å². The van der Waals surface area contributed by atoms with Gasteiger partial charge in [-0.05, 0) is 30.7 Å². The van der Waals surface area contributed by atoms with E-state index in [1.165, 1.54) is 5.69 Å². The lowest BCUT2D eigenvalue weighted by Gasteiger charge is -2.36. The van der Waals surface area contributed by atoms with Gasteiger partial charge in [-0.25, -0.2) is 0 Å². The van der Waals surface area contributed by atoms with Gasteiger partial charge in [-0.3, -0.25) is 14.4 Å². The van der Waals surface area contributed by atoms with Crippen molar-refractivity contribution in [3.05, 3.63) is 66.2 Å². The number of carbonyl (C=O) groups excluding carboxylic acids is 3. The lowest BCUT2D eigenvalue weighted by molar-refractivity contribution is -0.131. The molecule has 0 radical (unpaired) electrons. The first-order valence-corrected chi connectivity index (χ1v) is 10.8. The minimum Gasteiger partial charge on any atom is -0.368 e. The lowest BCUT2D eigenvalue weighted by Crippen LogP contribution is -2.49. The molecule has 31 heavy (non-hydrogen) atoms. The highest BCUT2D eigenvalue weighted by atomic mass is 16.2. The first kappa shape index (κ1) is 22.3. The van der Waals surface area contributed by atoms with Crippen molar-refractivity contribution in [2.45, 2.75) is 19.3 Å². The first-order chi connectivity index (χ1) is 15.1. The summed E-state index contributed by atoms with van der Waals surface area (Å²) in [7, 11) is 0. The average molecular weight is 423 g/mol. The van der Waals surface area contributed by atoms with Gasteiger partial charge in [-0.2, -0.15) is 0 Å². The standard InChI is InChI=1S/C24H30N4O3/c29-22(12-7-14-26-24(31)20-8-3-1-4-9-20)25-15-13-23(30)28-18-16-27(17-19-28)21-10-5-2-6-11-21/h1-6,8-11H,7,12-19H2,(H,25,29)(H,26,31). The quantitative estimate of drug-likeness (QED) is 0.606. The molecule has 0 aliphatic carbocycles. The molecule has 0 saturated carbocycles. The van der Waals surface area contributed by atoms with Gasteiger partial charge in [0.05, 0.1) is 0 Å². The van der Waals surface area contributed by atoms with Crippen LogP contribution in [0.3, 0.4) is 0 Å². The van der Waals surface area contributed by atoms with Gasteiger partial charge in [0.2, 0.25) is 11.8 Å². The first-order valence-electron chi connectivity index (χ1n) is 10.8. The van der Waals surface area contributed by atoms with Crippen molar-refractivity contribution in [2.24, 2.45) is 0 Å². The molecule has 2 aromatic rings. The zero-order chi connectivity index (χ0) is 21.9. The molecule has 1 saturated heterocycles.